The molecule has 0 aliphatic carbocycles. The lowest BCUT2D eigenvalue weighted by molar-refractivity contribution is 0.0926. The molecule has 1 aromatic heterocycles. The van der Waals surface area contributed by atoms with E-state index < -0.39 is 0 Å². The Balaban J connectivity index is 1.75. The first-order valence-corrected chi connectivity index (χ1v) is 11.2. The van der Waals surface area contributed by atoms with Gasteiger partial charge < -0.3 is 9.88 Å². The number of aromatic nitrogens is 2. The monoisotopic (exact) mass is 423 g/mol. The van der Waals surface area contributed by atoms with Gasteiger partial charge >= 0.3 is 0 Å². The molecule has 0 bridgehead atoms. The number of carbonyl (C=O) groups excluding carboxylic acids is 1. The molecule has 4 nitrogen and oxygen atoms in total. The van der Waals surface area contributed by atoms with Crippen molar-refractivity contribution in [1.82, 2.24) is 14.9 Å². The largest absolute Gasteiger partial charge is 0.344 e. The zero-order valence-corrected chi connectivity index (χ0v) is 18.7. The van der Waals surface area contributed by atoms with Crippen LogP contribution in [-0.4, -0.2) is 15.5 Å². The van der Waals surface area contributed by atoms with Crippen molar-refractivity contribution in [2.75, 3.05) is 0 Å². The summed E-state index contributed by atoms with van der Waals surface area (Å²) in [6, 6.07) is 30.1. The standard InChI is InChI=1S/C28H29N3O/c1-3-4-20-24(21-14-8-5-9-15-21)29-28(32)26-25(22-16-10-6-11-17-22)30-27(31(26)2)23-18-12-7-13-19-23/h5-19,24H,3-4,20H2,1-2H3,(H,29,32). The third kappa shape index (κ3) is 4.65. The number of amides is 1. The zero-order chi connectivity index (χ0) is 22.3. The van der Waals surface area contributed by atoms with Crippen LogP contribution in [0.4, 0.5) is 0 Å². The van der Waals surface area contributed by atoms with Crippen LogP contribution in [0.1, 0.15) is 48.3 Å². The molecule has 3 aromatic carbocycles. The SMILES string of the molecule is CCCCC(NC(=O)c1c(-c2ccccc2)nc(-c2ccccc2)n1C)c1ccccc1. The molecule has 0 radical (unpaired) electrons. The lowest BCUT2D eigenvalue weighted by Crippen LogP contribution is -2.30. The topological polar surface area (TPSA) is 46.9 Å². The van der Waals surface area contributed by atoms with Gasteiger partial charge in [0.25, 0.3) is 5.91 Å². The molecule has 1 amide bonds. The smallest absolute Gasteiger partial charge is 0.270 e. The van der Waals surface area contributed by atoms with Crippen LogP contribution in [0.25, 0.3) is 22.6 Å². The second-order valence-electron chi connectivity index (χ2n) is 8.00. The minimum atomic E-state index is -0.106. The molecule has 0 fully saturated rings. The molecule has 4 heteroatoms. The average molecular weight is 424 g/mol. The fourth-order valence-corrected chi connectivity index (χ4v) is 4.04. The number of unbranched alkanes of at least 4 members (excludes halogenated alkanes) is 1. The second kappa shape index (κ2) is 10.1. The van der Waals surface area contributed by atoms with Gasteiger partial charge in [-0.25, -0.2) is 4.98 Å². The summed E-state index contributed by atoms with van der Waals surface area (Å²) in [5.41, 5.74) is 4.32. The van der Waals surface area contributed by atoms with Gasteiger partial charge in [-0.2, -0.15) is 0 Å². The van der Waals surface area contributed by atoms with E-state index in [1.807, 2.05) is 90.5 Å². The van der Waals surface area contributed by atoms with Crippen molar-refractivity contribution in [3.05, 3.63) is 102 Å². The fraction of sp³-hybridized carbons (Fsp3) is 0.214. The van der Waals surface area contributed by atoms with Crippen LogP contribution in [0.15, 0.2) is 91.0 Å². The van der Waals surface area contributed by atoms with E-state index in [1.54, 1.807) is 0 Å². The Morgan fingerprint density at radius 3 is 2.03 bits per heavy atom. The van der Waals surface area contributed by atoms with Gasteiger partial charge in [-0.3, -0.25) is 4.79 Å². The van der Waals surface area contributed by atoms with Crippen molar-refractivity contribution in [3.8, 4) is 22.6 Å². The highest BCUT2D eigenvalue weighted by atomic mass is 16.2. The molecule has 0 aliphatic heterocycles. The summed E-state index contributed by atoms with van der Waals surface area (Å²) >= 11 is 0. The molecule has 4 aromatic rings. The highest BCUT2D eigenvalue weighted by Crippen LogP contribution is 2.29. The Morgan fingerprint density at radius 2 is 1.44 bits per heavy atom. The summed E-state index contributed by atoms with van der Waals surface area (Å²) in [6.45, 7) is 2.17. The maximum atomic E-state index is 13.7. The van der Waals surface area contributed by atoms with Crippen molar-refractivity contribution < 1.29 is 4.79 Å². The van der Waals surface area contributed by atoms with Crippen LogP contribution in [0.2, 0.25) is 0 Å². The fourth-order valence-electron chi connectivity index (χ4n) is 4.04. The molecular formula is C28H29N3O. The molecule has 1 unspecified atom stereocenters. The first-order chi connectivity index (χ1) is 15.7. The third-order valence-electron chi connectivity index (χ3n) is 5.74. The van der Waals surface area contributed by atoms with Crippen molar-refractivity contribution in [3.63, 3.8) is 0 Å². The summed E-state index contributed by atoms with van der Waals surface area (Å²) in [5, 5.41) is 3.30. The van der Waals surface area contributed by atoms with E-state index in [0.29, 0.717) is 11.4 Å². The lowest BCUT2D eigenvalue weighted by atomic mass is 10.0. The van der Waals surface area contributed by atoms with Crippen LogP contribution in [0.5, 0.6) is 0 Å². The van der Waals surface area contributed by atoms with Crippen LogP contribution in [0.3, 0.4) is 0 Å². The highest BCUT2D eigenvalue weighted by molar-refractivity contribution is 5.99. The Labute approximate surface area is 190 Å². The maximum absolute atomic E-state index is 13.7. The van der Waals surface area contributed by atoms with E-state index >= 15 is 0 Å². The first kappa shape index (κ1) is 21.6. The summed E-state index contributed by atoms with van der Waals surface area (Å²) in [4.78, 5) is 18.6. The molecule has 1 heterocycles. The van der Waals surface area contributed by atoms with Gasteiger partial charge in [0.2, 0.25) is 0 Å². The second-order valence-corrected chi connectivity index (χ2v) is 8.00. The molecule has 32 heavy (non-hydrogen) atoms. The van der Waals surface area contributed by atoms with Crippen molar-refractivity contribution in [2.24, 2.45) is 7.05 Å². The van der Waals surface area contributed by atoms with Gasteiger partial charge in [0.1, 0.15) is 17.2 Å². The van der Waals surface area contributed by atoms with Gasteiger partial charge in [0, 0.05) is 18.2 Å². The van der Waals surface area contributed by atoms with Gasteiger partial charge in [0.05, 0.1) is 6.04 Å². The summed E-state index contributed by atoms with van der Waals surface area (Å²) < 4.78 is 1.91. The molecule has 0 aliphatic rings. The Hall–Kier alpha value is -3.66. The number of benzene rings is 3. The Morgan fingerprint density at radius 1 is 0.875 bits per heavy atom. The number of nitrogens with zero attached hydrogens (tertiary/aromatic N) is 2. The Bertz CT molecular complexity index is 1150. The maximum Gasteiger partial charge on any atom is 0.270 e. The van der Waals surface area contributed by atoms with Gasteiger partial charge in [0.15, 0.2) is 0 Å². The van der Waals surface area contributed by atoms with E-state index in [-0.39, 0.29) is 11.9 Å². The number of carbonyl (C=O) groups is 1. The minimum absolute atomic E-state index is 0.0395. The van der Waals surface area contributed by atoms with E-state index in [0.717, 1.165) is 41.8 Å². The van der Waals surface area contributed by atoms with Crippen molar-refractivity contribution in [1.29, 1.82) is 0 Å². The average Bonchev–Trinajstić information content (AvgIpc) is 3.20. The zero-order valence-electron chi connectivity index (χ0n) is 18.7. The van der Waals surface area contributed by atoms with Gasteiger partial charge in [-0.15, -0.1) is 0 Å². The van der Waals surface area contributed by atoms with Crippen LogP contribution < -0.4 is 5.32 Å². The normalized spacial score (nSPS) is 11.8. The number of imidazole rings is 1. The van der Waals surface area contributed by atoms with E-state index in [2.05, 4.69) is 24.4 Å². The molecular weight excluding hydrogens is 394 g/mol. The van der Waals surface area contributed by atoms with Crippen LogP contribution in [0, 0.1) is 0 Å². The lowest BCUT2D eigenvalue weighted by Gasteiger charge is -2.20. The number of hydrogen-bond acceptors (Lipinski definition) is 2. The minimum Gasteiger partial charge on any atom is -0.344 e. The molecule has 0 saturated heterocycles. The summed E-state index contributed by atoms with van der Waals surface area (Å²) in [7, 11) is 1.92. The van der Waals surface area contributed by atoms with Gasteiger partial charge in [-0.05, 0) is 12.0 Å². The van der Waals surface area contributed by atoms with E-state index in [9.17, 15) is 4.79 Å². The van der Waals surface area contributed by atoms with Crippen LogP contribution in [-0.2, 0) is 7.05 Å². The molecule has 0 saturated carbocycles. The molecule has 4 rings (SSSR count). The number of rotatable bonds is 8. The van der Waals surface area contributed by atoms with Crippen LogP contribution >= 0.6 is 0 Å². The quantitative estimate of drug-likeness (QED) is 0.356. The first-order valence-electron chi connectivity index (χ1n) is 11.2. The predicted octanol–water partition coefficient (Wildman–Crippen LogP) is 6.42. The Kier molecular flexibility index (Phi) is 6.81. The third-order valence-corrected chi connectivity index (χ3v) is 5.74. The van der Waals surface area contributed by atoms with E-state index in [4.69, 9.17) is 4.98 Å². The molecule has 0 spiro atoms. The molecule has 1 atom stereocenters. The van der Waals surface area contributed by atoms with Gasteiger partial charge in [-0.1, -0.05) is 111 Å². The summed E-state index contributed by atoms with van der Waals surface area (Å²) in [5.74, 6) is 0.672. The number of nitrogens with one attached hydrogen (secondary N) is 1. The predicted molar refractivity (Wildman–Crippen MR) is 130 cm³/mol. The highest BCUT2D eigenvalue weighted by Gasteiger charge is 2.25. The van der Waals surface area contributed by atoms with E-state index in [1.165, 1.54) is 0 Å². The summed E-state index contributed by atoms with van der Waals surface area (Å²) in [6.07, 6.45) is 3.03. The van der Waals surface area contributed by atoms with Crippen molar-refractivity contribution >= 4 is 5.91 Å². The molecule has 162 valence electrons. The van der Waals surface area contributed by atoms with Crippen molar-refractivity contribution in [2.45, 2.75) is 32.2 Å². The molecule has 1 N–H and O–H groups in total. The number of hydrogen-bond donors (Lipinski definition) is 1.